The van der Waals surface area contributed by atoms with E-state index < -0.39 is 10.0 Å². The smallest absolute Gasteiger partial charge is 0.229 e. The molecule has 138 valence electrons. The second-order valence-corrected chi connectivity index (χ2v) is 8.39. The van der Waals surface area contributed by atoms with Crippen molar-refractivity contribution in [1.29, 1.82) is 0 Å². The fraction of sp³-hybridized carbons (Fsp3) is 0.529. The molecule has 1 unspecified atom stereocenters. The number of carbonyl (C=O) groups excluding carboxylic acids is 2. The van der Waals surface area contributed by atoms with Gasteiger partial charge in [-0.1, -0.05) is 0 Å². The number of hydrogen-bond donors (Lipinski definition) is 1. The summed E-state index contributed by atoms with van der Waals surface area (Å²) in [6, 6.07) is 6.28. The summed E-state index contributed by atoms with van der Waals surface area (Å²) in [6.07, 6.45) is 3.89. The maximum atomic E-state index is 12.3. The average Bonchev–Trinajstić information content (AvgIpc) is 2.54. The Morgan fingerprint density at radius 1 is 1.20 bits per heavy atom. The first-order chi connectivity index (χ1) is 11.3. The summed E-state index contributed by atoms with van der Waals surface area (Å²) in [5.74, 6) is 0.473. The molecule has 1 aromatic rings. The third-order valence-corrected chi connectivity index (χ3v) is 5.46. The van der Waals surface area contributed by atoms with Crippen LogP contribution in [0.1, 0.15) is 36.0 Å². The summed E-state index contributed by atoms with van der Waals surface area (Å²) >= 11 is 0. The van der Waals surface area contributed by atoms with Crippen LogP contribution in [-0.2, 0) is 14.8 Å². The molecule has 8 heteroatoms. The summed E-state index contributed by atoms with van der Waals surface area (Å²) in [5, 5.41) is 0. The topological polar surface area (TPSA) is 83.5 Å². The van der Waals surface area contributed by atoms with Gasteiger partial charge in [-0.25, -0.2) is 8.42 Å². The van der Waals surface area contributed by atoms with Crippen molar-refractivity contribution in [3.05, 3.63) is 29.8 Å². The molecule has 0 radical (unpaired) electrons. The third kappa shape index (κ3) is 4.80. The third-order valence-electron chi connectivity index (χ3n) is 4.86. The van der Waals surface area contributed by atoms with Gasteiger partial charge in [0.15, 0.2) is 11.6 Å². The number of Topliss-reactive ketones (excluding diaryl/α,β-unsaturated/α-hetero) is 2. The van der Waals surface area contributed by atoms with Crippen LogP contribution in [0, 0.1) is 5.92 Å². The van der Waals surface area contributed by atoms with Gasteiger partial charge in [-0.15, -0.1) is 12.4 Å². The molecular weight excluding hydrogens is 364 g/mol. The van der Waals surface area contributed by atoms with Crippen molar-refractivity contribution in [2.45, 2.75) is 31.7 Å². The van der Waals surface area contributed by atoms with Crippen LogP contribution in [0.3, 0.4) is 0 Å². The van der Waals surface area contributed by atoms with Crippen molar-refractivity contribution in [3.8, 4) is 0 Å². The van der Waals surface area contributed by atoms with Gasteiger partial charge < -0.3 is 0 Å². The van der Waals surface area contributed by atoms with Crippen molar-refractivity contribution >= 4 is 39.7 Å². The second kappa shape index (κ2) is 7.85. The SMILES string of the molecule is CS(=O)(=O)Nc1ccc(C(=O)CCC2C(=O)C3CCN2CC3)cc1.Cl. The highest BCUT2D eigenvalue weighted by Crippen LogP contribution is 2.31. The molecule has 3 aliphatic heterocycles. The van der Waals surface area contributed by atoms with Crippen LogP contribution in [0.2, 0.25) is 0 Å². The van der Waals surface area contributed by atoms with Gasteiger partial charge in [0.1, 0.15) is 0 Å². The predicted molar refractivity (Wildman–Crippen MR) is 98.8 cm³/mol. The van der Waals surface area contributed by atoms with Crippen LogP contribution in [0.4, 0.5) is 5.69 Å². The second-order valence-electron chi connectivity index (χ2n) is 6.64. The van der Waals surface area contributed by atoms with E-state index in [1.807, 2.05) is 0 Å². The number of hydrogen-bond acceptors (Lipinski definition) is 5. The standard InChI is InChI=1S/C17H22N2O4S.ClH/c1-24(22,23)18-14-4-2-12(3-5-14)16(20)7-6-15-17(21)13-8-10-19(15)11-9-13;/h2-5,13,15,18H,6-11H2,1H3;1H. The highest BCUT2D eigenvalue weighted by Gasteiger charge is 2.40. The van der Waals surface area contributed by atoms with Gasteiger partial charge in [0.05, 0.1) is 12.3 Å². The van der Waals surface area contributed by atoms with Crippen molar-refractivity contribution < 1.29 is 18.0 Å². The number of carbonyl (C=O) groups is 2. The van der Waals surface area contributed by atoms with E-state index in [1.54, 1.807) is 24.3 Å². The van der Waals surface area contributed by atoms with Crippen LogP contribution < -0.4 is 4.72 Å². The zero-order valence-electron chi connectivity index (χ0n) is 14.1. The molecule has 3 heterocycles. The first-order valence-corrected chi connectivity index (χ1v) is 10.1. The van der Waals surface area contributed by atoms with E-state index in [4.69, 9.17) is 0 Å². The lowest BCUT2D eigenvalue weighted by molar-refractivity contribution is -0.137. The number of fused-ring (bicyclic) bond motifs is 3. The quantitative estimate of drug-likeness (QED) is 0.757. The van der Waals surface area contributed by atoms with E-state index in [2.05, 4.69) is 9.62 Å². The fourth-order valence-corrected chi connectivity index (χ4v) is 4.19. The van der Waals surface area contributed by atoms with Gasteiger partial charge in [0.25, 0.3) is 0 Å². The minimum absolute atomic E-state index is 0. The molecule has 0 amide bonds. The lowest BCUT2D eigenvalue weighted by Crippen LogP contribution is -2.55. The van der Waals surface area contributed by atoms with Crippen molar-refractivity contribution in [2.24, 2.45) is 5.92 Å². The van der Waals surface area contributed by atoms with E-state index in [0.717, 1.165) is 32.2 Å². The van der Waals surface area contributed by atoms with E-state index in [-0.39, 0.29) is 30.2 Å². The Morgan fingerprint density at radius 2 is 1.80 bits per heavy atom. The Balaban J connectivity index is 0.00000225. The highest BCUT2D eigenvalue weighted by molar-refractivity contribution is 7.92. The molecule has 25 heavy (non-hydrogen) atoms. The molecule has 3 fully saturated rings. The maximum Gasteiger partial charge on any atom is 0.229 e. The zero-order valence-corrected chi connectivity index (χ0v) is 15.7. The zero-order chi connectivity index (χ0) is 17.3. The van der Waals surface area contributed by atoms with E-state index in [1.165, 1.54) is 0 Å². The van der Waals surface area contributed by atoms with Gasteiger partial charge in [-0.3, -0.25) is 19.2 Å². The minimum atomic E-state index is -3.32. The van der Waals surface area contributed by atoms with Gasteiger partial charge in [-0.2, -0.15) is 0 Å². The number of ketones is 2. The number of rotatable bonds is 6. The predicted octanol–water partition coefficient (Wildman–Crippen LogP) is 2.11. The van der Waals surface area contributed by atoms with E-state index in [0.29, 0.717) is 29.9 Å². The van der Waals surface area contributed by atoms with Crippen molar-refractivity contribution in [3.63, 3.8) is 0 Å². The Bertz CT molecular complexity index is 740. The summed E-state index contributed by atoms with van der Waals surface area (Å²) < 4.78 is 24.7. The molecule has 1 atom stereocenters. The first-order valence-electron chi connectivity index (χ1n) is 8.22. The molecule has 1 aromatic carbocycles. The highest BCUT2D eigenvalue weighted by atomic mass is 35.5. The van der Waals surface area contributed by atoms with Gasteiger partial charge >= 0.3 is 0 Å². The lowest BCUT2D eigenvalue weighted by Gasteiger charge is -2.44. The normalized spacial score (nSPS) is 25.3. The van der Waals surface area contributed by atoms with Gasteiger partial charge in [0, 0.05) is 23.6 Å². The van der Waals surface area contributed by atoms with Crippen LogP contribution >= 0.6 is 12.4 Å². The van der Waals surface area contributed by atoms with E-state index in [9.17, 15) is 18.0 Å². The molecule has 2 bridgehead atoms. The number of nitrogens with zero attached hydrogens (tertiary/aromatic N) is 1. The molecule has 3 saturated heterocycles. The van der Waals surface area contributed by atoms with Crippen molar-refractivity contribution in [2.75, 3.05) is 24.1 Å². The summed E-state index contributed by atoms with van der Waals surface area (Å²) in [4.78, 5) is 26.8. The molecule has 0 aliphatic carbocycles. The maximum absolute atomic E-state index is 12.3. The summed E-state index contributed by atoms with van der Waals surface area (Å²) in [7, 11) is -3.32. The van der Waals surface area contributed by atoms with Gasteiger partial charge in [0.2, 0.25) is 10.0 Å². The number of benzene rings is 1. The molecule has 3 aliphatic rings. The number of nitrogens with one attached hydrogen (secondary N) is 1. The largest absolute Gasteiger partial charge is 0.298 e. The molecule has 0 aromatic heterocycles. The molecular formula is C17H23ClN2O4S. The Labute approximate surface area is 154 Å². The Kier molecular flexibility index (Phi) is 6.24. The summed E-state index contributed by atoms with van der Waals surface area (Å²) in [5.41, 5.74) is 0.970. The molecule has 0 saturated carbocycles. The minimum Gasteiger partial charge on any atom is -0.298 e. The molecule has 4 rings (SSSR count). The molecule has 6 nitrogen and oxygen atoms in total. The Morgan fingerprint density at radius 3 is 2.32 bits per heavy atom. The number of halogens is 1. The molecule has 0 spiro atoms. The van der Waals surface area contributed by atoms with Gasteiger partial charge in [-0.05, 0) is 56.6 Å². The Hall–Kier alpha value is -1.44. The number of anilines is 1. The summed E-state index contributed by atoms with van der Waals surface area (Å²) in [6.45, 7) is 1.92. The van der Waals surface area contributed by atoms with E-state index >= 15 is 0 Å². The van der Waals surface area contributed by atoms with Crippen LogP contribution in [0.25, 0.3) is 0 Å². The number of sulfonamides is 1. The van der Waals surface area contributed by atoms with Crippen LogP contribution in [-0.4, -0.2) is 50.3 Å². The fourth-order valence-electron chi connectivity index (χ4n) is 3.62. The molecule has 1 N–H and O–H groups in total. The monoisotopic (exact) mass is 386 g/mol. The number of piperidine rings is 3. The average molecular weight is 387 g/mol. The van der Waals surface area contributed by atoms with Crippen molar-refractivity contribution in [1.82, 2.24) is 4.90 Å². The first kappa shape index (κ1) is 19.9. The van der Waals surface area contributed by atoms with Crippen LogP contribution in [0.5, 0.6) is 0 Å². The van der Waals surface area contributed by atoms with Crippen LogP contribution in [0.15, 0.2) is 24.3 Å². The lowest BCUT2D eigenvalue weighted by atomic mass is 9.80.